The van der Waals surface area contributed by atoms with Gasteiger partial charge in [0.05, 0.1) is 12.4 Å². The van der Waals surface area contributed by atoms with Crippen molar-refractivity contribution in [3.05, 3.63) is 88.5 Å². The van der Waals surface area contributed by atoms with Gasteiger partial charge in [0, 0.05) is 22.5 Å². The van der Waals surface area contributed by atoms with Crippen molar-refractivity contribution >= 4 is 58.5 Å². The van der Waals surface area contributed by atoms with Gasteiger partial charge in [-0.15, -0.1) is 0 Å². The van der Waals surface area contributed by atoms with Gasteiger partial charge >= 0.3 is 0 Å². The summed E-state index contributed by atoms with van der Waals surface area (Å²) in [6, 6.07) is 19.2. The molecule has 0 aliphatic heterocycles. The number of phenols is 1. The van der Waals surface area contributed by atoms with E-state index in [1.165, 1.54) is 12.4 Å². The van der Waals surface area contributed by atoms with E-state index in [4.69, 9.17) is 24.4 Å². The number of hydrogen-bond donors (Lipinski definition) is 5. The lowest BCUT2D eigenvalue weighted by molar-refractivity contribution is 0.473. The predicted octanol–water partition coefficient (Wildman–Crippen LogP) is 4.96. The summed E-state index contributed by atoms with van der Waals surface area (Å²) in [5.74, 6) is 0.0391. The Hall–Kier alpha value is -3.82. The number of thiocarbonyl (C=S) groups is 2. The first-order chi connectivity index (χ1) is 16.3. The normalized spacial score (nSPS) is 10.9. The van der Waals surface area contributed by atoms with Crippen molar-refractivity contribution in [2.75, 3.05) is 10.6 Å². The van der Waals surface area contributed by atoms with Gasteiger partial charge in [-0.1, -0.05) is 36.4 Å². The van der Waals surface area contributed by atoms with Crippen LogP contribution in [0.5, 0.6) is 5.75 Å². The molecule has 3 aromatic carbocycles. The first-order valence-corrected chi connectivity index (χ1v) is 11.3. The zero-order valence-corrected chi connectivity index (χ0v) is 20.7. The molecule has 0 radical (unpaired) electrons. The minimum Gasteiger partial charge on any atom is -0.507 e. The van der Waals surface area contributed by atoms with Gasteiger partial charge in [0.15, 0.2) is 10.2 Å². The highest BCUT2D eigenvalue weighted by Crippen LogP contribution is 2.22. The highest BCUT2D eigenvalue weighted by Gasteiger charge is 2.07. The maximum Gasteiger partial charge on any atom is 0.191 e. The van der Waals surface area contributed by atoms with Gasteiger partial charge < -0.3 is 15.7 Å². The number of benzene rings is 3. The number of nitrogens with zero attached hydrogens (tertiary/aromatic N) is 2. The number of para-hydroxylation sites is 2. The Morgan fingerprint density at radius 3 is 1.56 bits per heavy atom. The van der Waals surface area contributed by atoms with E-state index in [0.717, 1.165) is 28.1 Å². The fourth-order valence-corrected chi connectivity index (χ4v) is 3.41. The van der Waals surface area contributed by atoms with E-state index < -0.39 is 0 Å². The minimum absolute atomic E-state index is 0.0391. The van der Waals surface area contributed by atoms with Crippen LogP contribution in [0.25, 0.3) is 0 Å². The molecule has 9 heteroatoms. The zero-order valence-electron chi connectivity index (χ0n) is 19.1. The first kappa shape index (κ1) is 24.8. The minimum atomic E-state index is 0.0391. The lowest BCUT2D eigenvalue weighted by Crippen LogP contribution is -2.24. The number of aryl methyl sites for hydroxylation is 3. The molecule has 0 fully saturated rings. The monoisotopic (exact) mass is 490 g/mol. The summed E-state index contributed by atoms with van der Waals surface area (Å²) in [5, 5.41) is 25.8. The Morgan fingerprint density at radius 1 is 0.735 bits per heavy atom. The quantitative estimate of drug-likeness (QED) is 0.189. The first-order valence-electron chi connectivity index (χ1n) is 10.5. The number of hydrogen-bond acceptors (Lipinski definition) is 5. The molecule has 0 amide bonds. The SMILES string of the molecule is Cc1cc(C=NNC(=S)Nc2ccccc2C)c(O)c(/C=N/NC(=S)Nc2ccccc2C)c1. The Kier molecular flexibility index (Phi) is 8.66. The van der Waals surface area contributed by atoms with Crippen molar-refractivity contribution in [1.29, 1.82) is 0 Å². The average molecular weight is 491 g/mol. The Bertz CT molecular complexity index is 1160. The molecule has 7 nitrogen and oxygen atoms in total. The summed E-state index contributed by atoms with van der Waals surface area (Å²) in [5.41, 5.74) is 11.4. The molecule has 3 aromatic rings. The van der Waals surface area contributed by atoms with Crippen LogP contribution >= 0.6 is 24.4 Å². The van der Waals surface area contributed by atoms with E-state index in [2.05, 4.69) is 31.7 Å². The van der Waals surface area contributed by atoms with Crippen LogP contribution in [0.2, 0.25) is 0 Å². The molecule has 5 N–H and O–H groups in total. The number of aromatic hydroxyl groups is 1. The number of rotatable bonds is 6. The van der Waals surface area contributed by atoms with Crippen molar-refractivity contribution in [2.45, 2.75) is 20.8 Å². The highest BCUT2D eigenvalue weighted by atomic mass is 32.1. The summed E-state index contributed by atoms with van der Waals surface area (Å²) < 4.78 is 0. The topological polar surface area (TPSA) is 93.1 Å². The average Bonchev–Trinajstić information content (AvgIpc) is 2.79. The van der Waals surface area contributed by atoms with Crippen LogP contribution in [0.4, 0.5) is 11.4 Å². The van der Waals surface area contributed by atoms with E-state index >= 15 is 0 Å². The molecule has 0 atom stereocenters. The van der Waals surface area contributed by atoms with E-state index in [1.807, 2.05) is 81.4 Å². The molecule has 0 aliphatic carbocycles. The number of nitrogens with one attached hydrogen (secondary N) is 4. The maximum absolute atomic E-state index is 10.7. The second kappa shape index (κ2) is 11.9. The van der Waals surface area contributed by atoms with Gasteiger partial charge in [-0.05, 0) is 86.2 Å². The lowest BCUT2D eigenvalue weighted by atomic mass is 10.1. The van der Waals surface area contributed by atoms with Crippen LogP contribution in [0.3, 0.4) is 0 Å². The van der Waals surface area contributed by atoms with Crippen molar-refractivity contribution in [2.24, 2.45) is 10.2 Å². The molecule has 0 aromatic heterocycles. The molecule has 3 rings (SSSR count). The van der Waals surface area contributed by atoms with Gasteiger partial charge in [0.25, 0.3) is 0 Å². The van der Waals surface area contributed by atoms with E-state index in [9.17, 15) is 5.11 Å². The molecule has 34 heavy (non-hydrogen) atoms. The Balaban J connectivity index is 1.61. The smallest absolute Gasteiger partial charge is 0.191 e. The van der Waals surface area contributed by atoms with Crippen LogP contribution in [0.15, 0.2) is 70.9 Å². The number of hydrazone groups is 2. The molecule has 0 saturated heterocycles. The number of anilines is 2. The second-order valence-electron chi connectivity index (χ2n) is 7.57. The summed E-state index contributed by atoms with van der Waals surface area (Å²) in [6.45, 7) is 5.90. The highest BCUT2D eigenvalue weighted by molar-refractivity contribution is 7.80. The summed E-state index contributed by atoms with van der Waals surface area (Å²) >= 11 is 10.6. The maximum atomic E-state index is 10.7. The largest absolute Gasteiger partial charge is 0.507 e. The molecular formula is C25H26N6OS2. The molecule has 0 bridgehead atoms. The summed E-state index contributed by atoms with van der Waals surface area (Å²) in [7, 11) is 0. The van der Waals surface area contributed by atoms with Crippen molar-refractivity contribution in [3.8, 4) is 5.75 Å². The third-order valence-corrected chi connectivity index (χ3v) is 5.23. The molecule has 0 aliphatic rings. The molecule has 0 unspecified atom stereocenters. The fourth-order valence-electron chi connectivity index (χ4n) is 3.08. The van der Waals surface area contributed by atoms with Crippen molar-refractivity contribution in [3.63, 3.8) is 0 Å². The standard InChI is InChI=1S/C25H26N6OS2/c1-16-12-19(14-26-30-24(33)28-21-10-6-4-8-17(21)2)23(32)20(13-16)15-27-31-25(34)29-22-11-7-5-9-18(22)3/h4-15,32H,1-3H3,(H2,28,30,33)(H2,29,31,34)/b26-14+,27-15?. The van der Waals surface area contributed by atoms with E-state index in [0.29, 0.717) is 21.4 Å². The van der Waals surface area contributed by atoms with Gasteiger partial charge in [0.1, 0.15) is 5.75 Å². The second-order valence-corrected chi connectivity index (χ2v) is 8.39. The van der Waals surface area contributed by atoms with Crippen molar-refractivity contribution < 1.29 is 5.11 Å². The predicted molar refractivity (Wildman–Crippen MR) is 149 cm³/mol. The zero-order chi connectivity index (χ0) is 24.5. The fraction of sp³-hybridized carbons (Fsp3) is 0.120. The van der Waals surface area contributed by atoms with Crippen molar-refractivity contribution in [1.82, 2.24) is 10.9 Å². The van der Waals surface area contributed by atoms with Gasteiger partial charge in [0.2, 0.25) is 0 Å². The molecule has 0 heterocycles. The van der Waals surface area contributed by atoms with Gasteiger partial charge in [-0.3, -0.25) is 10.9 Å². The van der Waals surface area contributed by atoms with Crippen LogP contribution in [-0.2, 0) is 0 Å². The Labute approximate surface area is 210 Å². The number of phenolic OH excluding ortho intramolecular Hbond substituents is 1. The third-order valence-electron chi connectivity index (χ3n) is 4.84. The third kappa shape index (κ3) is 7.09. The van der Waals surface area contributed by atoms with Crippen LogP contribution in [0.1, 0.15) is 27.8 Å². The molecule has 174 valence electrons. The van der Waals surface area contributed by atoms with Crippen LogP contribution in [0, 0.1) is 20.8 Å². The molecular weight excluding hydrogens is 464 g/mol. The van der Waals surface area contributed by atoms with Crippen LogP contribution in [-0.4, -0.2) is 27.8 Å². The summed E-state index contributed by atoms with van der Waals surface area (Å²) in [4.78, 5) is 0. The van der Waals surface area contributed by atoms with Crippen LogP contribution < -0.4 is 21.5 Å². The Morgan fingerprint density at radius 2 is 1.15 bits per heavy atom. The van der Waals surface area contributed by atoms with Gasteiger partial charge in [-0.25, -0.2) is 0 Å². The van der Waals surface area contributed by atoms with E-state index in [-0.39, 0.29) is 5.75 Å². The lowest BCUT2D eigenvalue weighted by Gasteiger charge is -2.10. The summed E-state index contributed by atoms with van der Waals surface area (Å²) in [6.07, 6.45) is 3.01. The van der Waals surface area contributed by atoms with Gasteiger partial charge in [-0.2, -0.15) is 10.2 Å². The van der Waals surface area contributed by atoms with E-state index in [1.54, 1.807) is 0 Å². The molecule has 0 spiro atoms. The molecule has 0 saturated carbocycles.